The van der Waals surface area contributed by atoms with Gasteiger partial charge in [-0.05, 0) is 61.3 Å². The Morgan fingerprint density at radius 3 is 1.95 bits per heavy atom. The number of nitrogens with zero attached hydrogens (tertiary/aromatic N) is 3. The van der Waals surface area contributed by atoms with Crippen molar-refractivity contribution >= 4 is 11.8 Å². The van der Waals surface area contributed by atoms with Crippen LogP contribution >= 0.6 is 0 Å². The smallest absolute Gasteiger partial charge is 0.426 e. The van der Waals surface area contributed by atoms with E-state index in [-0.39, 0.29) is 25.0 Å². The lowest BCUT2D eigenvalue weighted by molar-refractivity contribution is -0.308. The third kappa shape index (κ3) is 6.60. The molecule has 3 saturated heterocycles. The highest BCUT2D eigenvalue weighted by Crippen LogP contribution is 2.43. The predicted octanol–water partition coefficient (Wildman–Crippen LogP) is 6.22. The first kappa shape index (κ1) is 28.6. The van der Waals surface area contributed by atoms with E-state index < -0.39 is 36.3 Å². The molecule has 0 unspecified atom stereocenters. The summed E-state index contributed by atoms with van der Waals surface area (Å²) in [5.41, 5.74) is 0.0320. The number of halogens is 9. The summed E-state index contributed by atoms with van der Waals surface area (Å²) in [5, 5.41) is 0. The molecule has 3 heterocycles. The van der Waals surface area contributed by atoms with Crippen molar-refractivity contribution in [3.8, 4) is 0 Å². The van der Waals surface area contributed by atoms with Crippen molar-refractivity contribution in [2.75, 3.05) is 44.2 Å². The first-order valence-corrected chi connectivity index (χ1v) is 12.3. The number of alkyl halides is 9. The van der Waals surface area contributed by atoms with Crippen molar-refractivity contribution in [3.05, 3.63) is 29.3 Å². The van der Waals surface area contributed by atoms with Gasteiger partial charge in [0.1, 0.15) is 0 Å². The SMILES string of the molecule is O=C(OC(C(F)(F)F)C(F)(F)F)N1CCC2(CC1)CN(Cc1cc(N3CCCCC3)cc(C(F)(F)F)c1)C2. The highest BCUT2D eigenvalue weighted by atomic mass is 19.4. The molecule has 0 radical (unpaired) electrons. The number of piperidine rings is 2. The van der Waals surface area contributed by atoms with Gasteiger partial charge in [-0.3, -0.25) is 4.90 Å². The Kier molecular flexibility index (Phi) is 7.76. The van der Waals surface area contributed by atoms with E-state index in [4.69, 9.17) is 0 Å². The lowest BCUT2D eigenvalue weighted by Crippen LogP contribution is -2.60. The number of rotatable bonds is 4. The fraction of sp³-hybridized carbons (Fsp3) is 0.708. The van der Waals surface area contributed by atoms with Crippen molar-refractivity contribution in [3.63, 3.8) is 0 Å². The van der Waals surface area contributed by atoms with Gasteiger partial charge in [0, 0.05) is 51.5 Å². The van der Waals surface area contributed by atoms with Gasteiger partial charge in [-0.25, -0.2) is 4.79 Å². The van der Waals surface area contributed by atoms with E-state index in [0.717, 1.165) is 30.2 Å². The maximum atomic E-state index is 13.5. The summed E-state index contributed by atoms with van der Waals surface area (Å²) in [6.07, 6.45) is -18.4. The van der Waals surface area contributed by atoms with E-state index in [0.29, 0.717) is 50.3 Å². The van der Waals surface area contributed by atoms with Crippen LogP contribution in [0.4, 0.5) is 50.0 Å². The molecule has 1 spiro atoms. The lowest BCUT2D eigenvalue weighted by Gasteiger charge is -2.54. The summed E-state index contributed by atoms with van der Waals surface area (Å²) in [6.45, 7) is 2.52. The molecule has 1 aromatic carbocycles. The van der Waals surface area contributed by atoms with Crippen LogP contribution < -0.4 is 4.90 Å². The van der Waals surface area contributed by atoms with E-state index in [9.17, 15) is 44.3 Å². The number of carbonyl (C=O) groups excluding carboxylic acids is 1. The molecule has 1 amide bonds. The maximum Gasteiger partial charge on any atom is 0.434 e. The number of likely N-dealkylation sites (tertiary alicyclic amines) is 2. The quantitative estimate of drug-likeness (QED) is 0.409. The number of hydrogen-bond donors (Lipinski definition) is 0. The highest BCUT2D eigenvalue weighted by Gasteiger charge is 2.60. The van der Waals surface area contributed by atoms with Crippen molar-refractivity contribution in [1.29, 1.82) is 0 Å². The van der Waals surface area contributed by atoms with Gasteiger partial charge < -0.3 is 14.5 Å². The Bertz CT molecular complexity index is 973. The summed E-state index contributed by atoms with van der Waals surface area (Å²) in [6, 6.07) is 4.07. The first-order valence-electron chi connectivity index (χ1n) is 12.3. The maximum absolute atomic E-state index is 13.5. The molecule has 14 heteroatoms. The van der Waals surface area contributed by atoms with Gasteiger partial charge in [0.25, 0.3) is 6.10 Å². The van der Waals surface area contributed by atoms with Gasteiger partial charge in [0.05, 0.1) is 5.56 Å². The molecule has 0 bridgehead atoms. The Labute approximate surface area is 213 Å². The van der Waals surface area contributed by atoms with Crippen molar-refractivity contribution in [2.24, 2.45) is 5.41 Å². The standard InChI is InChI=1S/C24H28F9N3O2/c25-22(26,27)17-10-16(11-18(12-17)35-6-2-1-3-7-35)13-34-14-21(15-34)4-8-36(9-5-21)20(37)38-19(23(28,29)30)24(31,32)33/h10-12,19H,1-9,13-15H2. The largest absolute Gasteiger partial charge is 0.434 e. The molecule has 3 fully saturated rings. The van der Waals surface area contributed by atoms with E-state index >= 15 is 0 Å². The third-order valence-corrected chi connectivity index (χ3v) is 7.45. The van der Waals surface area contributed by atoms with Crippen LogP contribution in [-0.2, 0) is 17.5 Å². The number of amides is 1. The molecule has 0 atom stereocenters. The molecule has 0 aromatic heterocycles. The number of carbonyl (C=O) groups is 1. The first-order chi connectivity index (χ1) is 17.6. The molecule has 5 nitrogen and oxygen atoms in total. The minimum Gasteiger partial charge on any atom is -0.426 e. The van der Waals surface area contributed by atoms with Gasteiger partial charge in [-0.1, -0.05) is 0 Å². The number of anilines is 1. The van der Waals surface area contributed by atoms with E-state index in [2.05, 4.69) is 4.74 Å². The number of benzene rings is 1. The number of ether oxygens (including phenoxy) is 1. The third-order valence-electron chi connectivity index (χ3n) is 7.45. The van der Waals surface area contributed by atoms with Crippen LogP contribution in [0, 0.1) is 5.41 Å². The van der Waals surface area contributed by atoms with Gasteiger partial charge >= 0.3 is 24.6 Å². The van der Waals surface area contributed by atoms with E-state index in [1.165, 1.54) is 6.07 Å². The van der Waals surface area contributed by atoms with Crippen molar-refractivity contribution in [1.82, 2.24) is 9.80 Å². The minimum absolute atomic E-state index is 0.0717. The molecule has 4 rings (SSSR count). The Morgan fingerprint density at radius 1 is 0.842 bits per heavy atom. The molecule has 3 aliphatic rings. The second-order valence-corrected chi connectivity index (χ2v) is 10.4. The predicted molar refractivity (Wildman–Crippen MR) is 118 cm³/mol. The molecule has 214 valence electrons. The molecule has 0 saturated carbocycles. The second-order valence-electron chi connectivity index (χ2n) is 10.4. The zero-order valence-corrected chi connectivity index (χ0v) is 20.4. The average molecular weight is 561 g/mol. The normalized spacial score (nSPS) is 21.1. The monoisotopic (exact) mass is 561 g/mol. The van der Waals surface area contributed by atoms with Crippen LogP contribution in [0.1, 0.15) is 43.2 Å². The molecular formula is C24H28F9N3O2. The van der Waals surface area contributed by atoms with Crippen LogP contribution in [0.15, 0.2) is 18.2 Å². The second kappa shape index (κ2) is 10.3. The fourth-order valence-corrected chi connectivity index (χ4v) is 5.51. The molecule has 0 N–H and O–H groups in total. The Balaban J connectivity index is 1.33. The topological polar surface area (TPSA) is 36.0 Å². The van der Waals surface area contributed by atoms with Crippen LogP contribution in [0.25, 0.3) is 0 Å². The molecule has 1 aromatic rings. The number of hydrogen-bond acceptors (Lipinski definition) is 4. The Hall–Kier alpha value is -2.38. The Morgan fingerprint density at radius 2 is 1.42 bits per heavy atom. The summed E-state index contributed by atoms with van der Waals surface area (Å²) in [4.78, 5) is 16.7. The van der Waals surface area contributed by atoms with E-state index in [1.807, 2.05) is 9.80 Å². The summed E-state index contributed by atoms with van der Waals surface area (Å²) in [5.74, 6) is 0. The van der Waals surface area contributed by atoms with Crippen LogP contribution in [-0.4, -0.2) is 73.6 Å². The van der Waals surface area contributed by atoms with Gasteiger partial charge in [0.15, 0.2) is 0 Å². The van der Waals surface area contributed by atoms with Gasteiger partial charge in [0.2, 0.25) is 0 Å². The summed E-state index contributed by atoms with van der Waals surface area (Å²) >= 11 is 0. The van der Waals surface area contributed by atoms with Gasteiger partial charge in [-0.2, -0.15) is 39.5 Å². The lowest BCUT2D eigenvalue weighted by atomic mass is 9.72. The summed E-state index contributed by atoms with van der Waals surface area (Å²) in [7, 11) is 0. The van der Waals surface area contributed by atoms with Gasteiger partial charge in [-0.15, -0.1) is 0 Å². The van der Waals surface area contributed by atoms with Crippen LogP contribution in [0.3, 0.4) is 0 Å². The molecule has 3 aliphatic heterocycles. The molecule has 38 heavy (non-hydrogen) atoms. The molecule has 0 aliphatic carbocycles. The van der Waals surface area contributed by atoms with Crippen molar-refractivity contribution in [2.45, 2.75) is 63.3 Å². The van der Waals surface area contributed by atoms with Crippen LogP contribution in [0.5, 0.6) is 0 Å². The molecular weight excluding hydrogens is 533 g/mol. The average Bonchev–Trinajstić information content (AvgIpc) is 2.80. The summed E-state index contributed by atoms with van der Waals surface area (Å²) < 4.78 is 121. The zero-order valence-electron chi connectivity index (χ0n) is 20.4. The fourth-order valence-electron chi connectivity index (χ4n) is 5.51. The van der Waals surface area contributed by atoms with E-state index in [1.54, 1.807) is 6.07 Å². The van der Waals surface area contributed by atoms with Crippen molar-refractivity contribution < 1.29 is 49.0 Å². The highest BCUT2D eigenvalue weighted by molar-refractivity contribution is 5.68. The zero-order chi connectivity index (χ0) is 27.9. The minimum atomic E-state index is -5.78. The van der Waals surface area contributed by atoms with Crippen LogP contribution in [0.2, 0.25) is 0 Å².